The van der Waals surface area contributed by atoms with Gasteiger partial charge < -0.3 is 16.2 Å². The Kier molecular flexibility index (Phi) is 6.24. The minimum Gasteiger partial charge on any atom is -0.465 e. The molecule has 0 saturated carbocycles. The molecule has 4 N–H and O–H groups in total. The molecule has 0 aliphatic heterocycles. The average molecular weight is 424 g/mol. The van der Waals surface area contributed by atoms with Gasteiger partial charge in [0.25, 0.3) is 5.91 Å². The summed E-state index contributed by atoms with van der Waals surface area (Å²) in [6.07, 6.45) is -1.09. The molecular formula is C23H25N3O3S. The Balaban J connectivity index is 2.05. The zero-order chi connectivity index (χ0) is 21.9. The van der Waals surface area contributed by atoms with E-state index in [0.29, 0.717) is 23.5 Å². The number of nitrogens with two attached hydrogens (primary N) is 1. The number of hydrogen-bond donors (Lipinski definition) is 3. The number of carbonyl (C=O) groups excluding carboxylic acids is 1. The molecule has 2 amide bonds. The second-order valence-corrected chi connectivity index (χ2v) is 8.80. The zero-order valence-corrected chi connectivity index (χ0v) is 18.0. The minimum atomic E-state index is -1.09. The normalized spacial score (nSPS) is 11.2. The van der Waals surface area contributed by atoms with Gasteiger partial charge in [-0.05, 0) is 67.6 Å². The SMILES string of the molecule is CC(C)(C)N(C(=O)O)c1ccc(-c2cccs2)cc1NC(=O)c1ccc(CN)cc1. The van der Waals surface area contributed by atoms with Gasteiger partial charge in [-0.1, -0.05) is 24.3 Å². The Morgan fingerprint density at radius 1 is 1.10 bits per heavy atom. The minimum absolute atomic E-state index is 0.317. The van der Waals surface area contributed by atoms with Crippen molar-refractivity contribution in [3.63, 3.8) is 0 Å². The van der Waals surface area contributed by atoms with Gasteiger partial charge in [0, 0.05) is 22.5 Å². The van der Waals surface area contributed by atoms with Crippen molar-refractivity contribution in [2.75, 3.05) is 10.2 Å². The summed E-state index contributed by atoms with van der Waals surface area (Å²) in [6.45, 7) is 5.83. The molecule has 0 fully saturated rings. The molecule has 1 heterocycles. The number of thiophene rings is 1. The van der Waals surface area contributed by atoms with Crippen molar-refractivity contribution in [3.8, 4) is 10.4 Å². The lowest BCUT2D eigenvalue weighted by Gasteiger charge is -2.34. The summed E-state index contributed by atoms with van der Waals surface area (Å²) >= 11 is 1.58. The highest BCUT2D eigenvalue weighted by molar-refractivity contribution is 7.13. The van der Waals surface area contributed by atoms with Crippen LogP contribution in [0.3, 0.4) is 0 Å². The second kappa shape index (κ2) is 8.69. The fourth-order valence-electron chi connectivity index (χ4n) is 3.17. The van der Waals surface area contributed by atoms with Crippen molar-refractivity contribution in [2.24, 2.45) is 5.73 Å². The summed E-state index contributed by atoms with van der Waals surface area (Å²) in [7, 11) is 0. The molecule has 3 aromatic rings. The first kappa shape index (κ1) is 21.5. The summed E-state index contributed by atoms with van der Waals surface area (Å²) in [5, 5.41) is 14.7. The Labute approximate surface area is 180 Å². The van der Waals surface area contributed by atoms with Gasteiger partial charge in [0.05, 0.1) is 11.4 Å². The van der Waals surface area contributed by atoms with Crippen molar-refractivity contribution >= 4 is 34.7 Å². The number of hydrogen-bond acceptors (Lipinski definition) is 4. The Morgan fingerprint density at radius 3 is 2.33 bits per heavy atom. The number of anilines is 2. The van der Waals surface area contributed by atoms with Crippen LogP contribution < -0.4 is 16.0 Å². The van der Waals surface area contributed by atoms with E-state index in [9.17, 15) is 14.7 Å². The fourth-order valence-corrected chi connectivity index (χ4v) is 3.89. The standard InChI is InChI=1S/C23H25N3O3S/c1-23(2,3)26(22(28)29)19-11-10-17(20-5-4-12-30-20)13-18(19)25-21(27)16-8-6-15(14-24)7-9-16/h4-13H,14,24H2,1-3H3,(H,25,27)(H,28,29). The highest BCUT2D eigenvalue weighted by atomic mass is 32.1. The van der Waals surface area contributed by atoms with Gasteiger partial charge in [0.15, 0.2) is 0 Å². The van der Waals surface area contributed by atoms with Crippen LogP contribution in [0.4, 0.5) is 16.2 Å². The maximum atomic E-state index is 12.9. The molecule has 0 spiro atoms. The molecule has 3 rings (SSSR count). The molecular weight excluding hydrogens is 398 g/mol. The molecule has 0 aliphatic carbocycles. The lowest BCUT2D eigenvalue weighted by atomic mass is 10.0. The number of carbonyl (C=O) groups is 2. The van der Waals surface area contributed by atoms with Crippen molar-refractivity contribution < 1.29 is 14.7 Å². The van der Waals surface area contributed by atoms with Gasteiger partial charge in [-0.25, -0.2) is 4.79 Å². The van der Waals surface area contributed by atoms with E-state index in [1.807, 2.05) is 50.4 Å². The Bertz CT molecular complexity index is 1040. The van der Waals surface area contributed by atoms with Gasteiger partial charge in [0.2, 0.25) is 0 Å². The molecule has 2 aromatic carbocycles. The maximum Gasteiger partial charge on any atom is 0.412 e. The molecule has 0 atom stereocenters. The molecule has 0 radical (unpaired) electrons. The second-order valence-electron chi connectivity index (χ2n) is 7.85. The van der Waals surface area contributed by atoms with Crippen LogP contribution in [0.1, 0.15) is 36.7 Å². The van der Waals surface area contributed by atoms with E-state index >= 15 is 0 Å². The van der Waals surface area contributed by atoms with E-state index in [-0.39, 0.29) is 5.91 Å². The third-order valence-electron chi connectivity index (χ3n) is 4.61. The molecule has 0 saturated heterocycles. The molecule has 156 valence electrons. The predicted octanol–water partition coefficient (Wildman–Crippen LogP) is 5.41. The lowest BCUT2D eigenvalue weighted by Crippen LogP contribution is -2.45. The van der Waals surface area contributed by atoms with Crippen molar-refractivity contribution in [1.29, 1.82) is 0 Å². The number of nitrogens with one attached hydrogen (secondary N) is 1. The van der Waals surface area contributed by atoms with Crippen LogP contribution in [0, 0.1) is 0 Å². The van der Waals surface area contributed by atoms with E-state index in [4.69, 9.17) is 5.73 Å². The molecule has 30 heavy (non-hydrogen) atoms. The van der Waals surface area contributed by atoms with E-state index < -0.39 is 11.6 Å². The van der Waals surface area contributed by atoms with Crippen LogP contribution in [0.15, 0.2) is 60.0 Å². The van der Waals surface area contributed by atoms with E-state index in [1.54, 1.807) is 41.7 Å². The zero-order valence-electron chi connectivity index (χ0n) is 17.2. The smallest absolute Gasteiger partial charge is 0.412 e. The number of nitrogens with zero attached hydrogens (tertiary/aromatic N) is 1. The topological polar surface area (TPSA) is 95.7 Å². The summed E-state index contributed by atoms with van der Waals surface area (Å²) in [5.41, 5.74) is 8.08. The van der Waals surface area contributed by atoms with Gasteiger partial charge >= 0.3 is 6.09 Å². The maximum absolute atomic E-state index is 12.9. The Hall–Kier alpha value is -3.16. The number of benzene rings is 2. The third kappa shape index (κ3) is 4.69. The van der Waals surface area contributed by atoms with E-state index in [1.165, 1.54) is 4.90 Å². The van der Waals surface area contributed by atoms with Crippen LogP contribution in [0.2, 0.25) is 0 Å². The van der Waals surface area contributed by atoms with Gasteiger partial charge in [-0.15, -0.1) is 11.3 Å². The Morgan fingerprint density at radius 2 is 1.80 bits per heavy atom. The highest BCUT2D eigenvalue weighted by Gasteiger charge is 2.30. The summed E-state index contributed by atoms with van der Waals surface area (Å²) < 4.78 is 0. The average Bonchev–Trinajstić information content (AvgIpc) is 3.22. The number of rotatable bonds is 5. The first-order chi connectivity index (χ1) is 14.2. The first-order valence-electron chi connectivity index (χ1n) is 9.52. The first-order valence-corrected chi connectivity index (χ1v) is 10.4. The molecule has 7 heteroatoms. The van der Waals surface area contributed by atoms with Crippen LogP contribution in [-0.4, -0.2) is 22.6 Å². The quantitative estimate of drug-likeness (QED) is 0.511. The summed E-state index contributed by atoms with van der Waals surface area (Å²) in [4.78, 5) is 27.2. The molecule has 0 aliphatic rings. The van der Waals surface area contributed by atoms with E-state index in [0.717, 1.165) is 16.0 Å². The fraction of sp³-hybridized carbons (Fsp3) is 0.217. The van der Waals surface area contributed by atoms with Crippen LogP contribution in [-0.2, 0) is 6.54 Å². The molecule has 0 unspecified atom stereocenters. The summed E-state index contributed by atoms with van der Waals surface area (Å²) in [5.74, 6) is -0.317. The van der Waals surface area contributed by atoms with Crippen molar-refractivity contribution in [1.82, 2.24) is 0 Å². The van der Waals surface area contributed by atoms with Crippen LogP contribution in [0.5, 0.6) is 0 Å². The van der Waals surface area contributed by atoms with E-state index in [2.05, 4.69) is 5.32 Å². The van der Waals surface area contributed by atoms with Crippen molar-refractivity contribution in [3.05, 3.63) is 71.1 Å². The largest absolute Gasteiger partial charge is 0.465 e. The monoisotopic (exact) mass is 423 g/mol. The predicted molar refractivity (Wildman–Crippen MR) is 122 cm³/mol. The number of amides is 2. The highest BCUT2D eigenvalue weighted by Crippen LogP contribution is 2.36. The van der Waals surface area contributed by atoms with Gasteiger partial charge in [-0.3, -0.25) is 9.69 Å². The summed E-state index contributed by atoms with van der Waals surface area (Å²) in [6, 6.07) is 16.4. The number of carboxylic acid groups (broad SMARTS) is 1. The van der Waals surface area contributed by atoms with Gasteiger partial charge in [0.1, 0.15) is 0 Å². The van der Waals surface area contributed by atoms with Crippen LogP contribution >= 0.6 is 11.3 Å². The van der Waals surface area contributed by atoms with Crippen molar-refractivity contribution in [2.45, 2.75) is 32.9 Å². The van der Waals surface area contributed by atoms with Gasteiger partial charge in [-0.2, -0.15) is 0 Å². The lowest BCUT2D eigenvalue weighted by molar-refractivity contribution is 0.102. The molecule has 0 bridgehead atoms. The van der Waals surface area contributed by atoms with Crippen LogP contribution in [0.25, 0.3) is 10.4 Å². The molecule has 6 nitrogen and oxygen atoms in total. The molecule has 1 aromatic heterocycles. The third-order valence-corrected chi connectivity index (χ3v) is 5.52.